The molecule has 0 radical (unpaired) electrons. The Hall–Kier alpha value is -2.34. The van der Waals surface area contributed by atoms with Crippen LogP contribution in [0.2, 0.25) is 0 Å². The van der Waals surface area contributed by atoms with Gasteiger partial charge in [0, 0.05) is 12.3 Å². The highest BCUT2D eigenvalue weighted by molar-refractivity contribution is 7.71. The maximum atomic E-state index is 5.41. The highest BCUT2D eigenvalue weighted by Crippen LogP contribution is 2.29. The molecule has 102 valence electrons. The molecule has 2 aromatic heterocycles. The predicted molar refractivity (Wildman–Crippen MR) is 79.4 cm³/mol. The van der Waals surface area contributed by atoms with E-state index in [-0.39, 0.29) is 0 Å². The fraction of sp³-hybridized carbons (Fsp3) is 0.143. The van der Waals surface area contributed by atoms with Crippen molar-refractivity contribution in [1.82, 2.24) is 14.5 Å². The van der Waals surface area contributed by atoms with E-state index >= 15 is 0 Å². The quantitative estimate of drug-likeness (QED) is 0.752. The van der Waals surface area contributed by atoms with Crippen molar-refractivity contribution in [3.8, 4) is 17.2 Å². The number of pyridine rings is 1. The molecule has 0 aliphatic carbocycles. The van der Waals surface area contributed by atoms with Gasteiger partial charge in [-0.25, -0.2) is 4.98 Å². The highest BCUT2D eigenvalue weighted by atomic mass is 32.1. The van der Waals surface area contributed by atoms with Gasteiger partial charge in [0.15, 0.2) is 10.4 Å². The monoisotopic (exact) mass is 287 g/mol. The molecule has 3 aromatic rings. The Labute approximate surface area is 120 Å². The summed E-state index contributed by atoms with van der Waals surface area (Å²) in [6.07, 6.45) is 1.73. The molecule has 1 N–H and O–H groups in total. The molecule has 0 fully saturated rings. The maximum absolute atomic E-state index is 5.41. The summed E-state index contributed by atoms with van der Waals surface area (Å²) in [5.41, 5.74) is 2.42. The van der Waals surface area contributed by atoms with E-state index in [1.165, 1.54) is 0 Å². The Morgan fingerprint density at radius 1 is 1.20 bits per heavy atom. The number of H-pyrrole nitrogens is 1. The minimum absolute atomic E-state index is 0.560. The largest absolute Gasteiger partial charge is 0.497 e. The first-order chi connectivity index (χ1) is 9.74. The lowest BCUT2D eigenvalue weighted by molar-refractivity contribution is 0.401. The van der Waals surface area contributed by atoms with E-state index in [4.69, 9.17) is 21.7 Å². The average molecular weight is 287 g/mol. The molecule has 0 spiro atoms. The van der Waals surface area contributed by atoms with Crippen LogP contribution in [0.5, 0.6) is 11.5 Å². The summed E-state index contributed by atoms with van der Waals surface area (Å²) < 4.78 is 13.1. The Kier molecular flexibility index (Phi) is 3.15. The van der Waals surface area contributed by atoms with Crippen LogP contribution in [-0.4, -0.2) is 28.8 Å². The Bertz CT molecular complexity index is 823. The summed E-state index contributed by atoms with van der Waals surface area (Å²) in [4.78, 5) is 7.51. The van der Waals surface area contributed by atoms with Gasteiger partial charge in [-0.1, -0.05) is 0 Å². The molecule has 0 bridgehead atoms. The van der Waals surface area contributed by atoms with Gasteiger partial charge in [0.25, 0.3) is 0 Å². The molecule has 5 nitrogen and oxygen atoms in total. The van der Waals surface area contributed by atoms with Crippen molar-refractivity contribution in [3.63, 3.8) is 0 Å². The van der Waals surface area contributed by atoms with E-state index in [1.54, 1.807) is 20.4 Å². The lowest BCUT2D eigenvalue weighted by atomic mass is 10.2. The fourth-order valence-electron chi connectivity index (χ4n) is 2.14. The van der Waals surface area contributed by atoms with Crippen LogP contribution in [0.1, 0.15) is 0 Å². The van der Waals surface area contributed by atoms with Gasteiger partial charge in [0.1, 0.15) is 11.5 Å². The number of nitrogens with zero attached hydrogens (tertiary/aromatic N) is 2. The lowest BCUT2D eigenvalue weighted by Gasteiger charge is -2.11. The number of nitrogens with one attached hydrogen (secondary N) is 1. The van der Waals surface area contributed by atoms with Gasteiger partial charge in [-0.05, 0) is 36.5 Å². The summed E-state index contributed by atoms with van der Waals surface area (Å²) in [5.74, 6) is 1.43. The number of benzene rings is 1. The number of ether oxygens (including phenoxy) is 2. The number of aromatic nitrogens is 3. The normalized spacial score (nSPS) is 10.7. The molecular weight excluding hydrogens is 274 g/mol. The minimum Gasteiger partial charge on any atom is -0.497 e. The molecular formula is C14H13N3O2S. The first-order valence-electron chi connectivity index (χ1n) is 6.02. The van der Waals surface area contributed by atoms with Gasteiger partial charge >= 0.3 is 0 Å². The zero-order valence-electron chi connectivity index (χ0n) is 11.1. The number of fused-ring (bicyclic) bond motifs is 1. The molecule has 3 rings (SSSR count). The second-order valence-electron chi connectivity index (χ2n) is 4.18. The van der Waals surface area contributed by atoms with Crippen LogP contribution in [0.4, 0.5) is 0 Å². The third-order valence-electron chi connectivity index (χ3n) is 3.07. The summed E-state index contributed by atoms with van der Waals surface area (Å²) in [5, 5.41) is 0. The van der Waals surface area contributed by atoms with Crippen LogP contribution in [0.15, 0.2) is 36.5 Å². The number of imidazole rings is 1. The van der Waals surface area contributed by atoms with Gasteiger partial charge in [0.2, 0.25) is 0 Å². The standard InChI is InChI=1S/C14H13N3O2S/c1-18-9-5-6-12(19-2)11(8-9)17-13-10(16-14(17)20)4-3-7-15-13/h3-8H,1-2H3,(H,16,20). The average Bonchev–Trinajstić information content (AvgIpc) is 2.82. The summed E-state index contributed by atoms with van der Waals surface area (Å²) in [6, 6.07) is 9.35. The third-order valence-corrected chi connectivity index (χ3v) is 3.35. The van der Waals surface area contributed by atoms with Crippen molar-refractivity contribution >= 4 is 23.4 Å². The van der Waals surface area contributed by atoms with Gasteiger partial charge in [-0.2, -0.15) is 0 Å². The van der Waals surface area contributed by atoms with E-state index in [1.807, 2.05) is 34.9 Å². The number of methoxy groups -OCH3 is 2. The van der Waals surface area contributed by atoms with Crippen LogP contribution in [0, 0.1) is 4.77 Å². The van der Waals surface area contributed by atoms with Crippen LogP contribution in [-0.2, 0) is 0 Å². The SMILES string of the molecule is COc1ccc(OC)c(-n2c(=S)[nH]c3cccnc32)c1. The first-order valence-corrected chi connectivity index (χ1v) is 6.43. The van der Waals surface area contributed by atoms with Gasteiger partial charge in [-0.3, -0.25) is 4.57 Å². The number of hydrogen-bond donors (Lipinski definition) is 1. The Morgan fingerprint density at radius 2 is 2.05 bits per heavy atom. The number of rotatable bonds is 3. The Morgan fingerprint density at radius 3 is 2.80 bits per heavy atom. The van der Waals surface area contributed by atoms with E-state index in [0.29, 0.717) is 10.5 Å². The topological polar surface area (TPSA) is 52.1 Å². The molecule has 2 heterocycles. The molecule has 6 heteroatoms. The molecule has 0 aliphatic rings. The van der Waals surface area contributed by atoms with E-state index in [0.717, 1.165) is 22.6 Å². The molecule has 0 amide bonds. The van der Waals surface area contributed by atoms with Crippen molar-refractivity contribution in [1.29, 1.82) is 0 Å². The van der Waals surface area contributed by atoms with Crippen LogP contribution in [0.3, 0.4) is 0 Å². The first kappa shape index (κ1) is 12.7. The van der Waals surface area contributed by atoms with E-state index < -0.39 is 0 Å². The van der Waals surface area contributed by atoms with Crippen LogP contribution < -0.4 is 9.47 Å². The number of aromatic amines is 1. The lowest BCUT2D eigenvalue weighted by Crippen LogP contribution is -2.00. The van der Waals surface area contributed by atoms with Crippen molar-refractivity contribution in [3.05, 3.63) is 41.3 Å². The zero-order valence-corrected chi connectivity index (χ0v) is 11.9. The van der Waals surface area contributed by atoms with Gasteiger partial charge < -0.3 is 14.5 Å². The predicted octanol–water partition coefficient (Wildman–Crippen LogP) is 3.10. The second kappa shape index (κ2) is 4.97. The van der Waals surface area contributed by atoms with E-state index in [9.17, 15) is 0 Å². The van der Waals surface area contributed by atoms with Crippen molar-refractivity contribution in [2.24, 2.45) is 0 Å². The number of hydrogen-bond acceptors (Lipinski definition) is 4. The summed E-state index contributed by atoms with van der Waals surface area (Å²) >= 11 is 5.39. The molecule has 0 atom stereocenters. The van der Waals surface area contributed by atoms with Crippen LogP contribution in [0.25, 0.3) is 16.9 Å². The zero-order chi connectivity index (χ0) is 14.1. The molecule has 20 heavy (non-hydrogen) atoms. The smallest absolute Gasteiger partial charge is 0.184 e. The Balaban J connectivity index is 2.35. The summed E-state index contributed by atoms with van der Waals surface area (Å²) in [7, 11) is 3.25. The molecule has 0 saturated carbocycles. The molecule has 0 unspecified atom stereocenters. The molecule has 1 aromatic carbocycles. The highest BCUT2D eigenvalue weighted by Gasteiger charge is 2.13. The summed E-state index contributed by atoms with van der Waals surface area (Å²) in [6.45, 7) is 0. The van der Waals surface area contributed by atoms with Crippen molar-refractivity contribution in [2.75, 3.05) is 14.2 Å². The van der Waals surface area contributed by atoms with Crippen molar-refractivity contribution in [2.45, 2.75) is 0 Å². The molecule has 0 saturated heterocycles. The fourth-order valence-corrected chi connectivity index (χ4v) is 2.43. The second-order valence-corrected chi connectivity index (χ2v) is 4.56. The van der Waals surface area contributed by atoms with Crippen LogP contribution >= 0.6 is 12.2 Å². The van der Waals surface area contributed by atoms with Gasteiger partial charge in [0.05, 0.1) is 25.4 Å². The maximum Gasteiger partial charge on any atom is 0.184 e. The molecule has 0 aliphatic heterocycles. The van der Waals surface area contributed by atoms with Crippen molar-refractivity contribution < 1.29 is 9.47 Å². The van der Waals surface area contributed by atoms with Gasteiger partial charge in [-0.15, -0.1) is 0 Å². The third kappa shape index (κ3) is 1.94. The minimum atomic E-state index is 0.560. The van der Waals surface area contributed by atoms with E-state index in [2.05, 4.69) is 9.97 Å².